The molecule has 1 aromatic carbocycles. The van der Waals surface area contributed by atoms with Crippen molar-refractivity contribution in [2.75, 3.05) is 0 Å². The molecule has 0 saturated heterocycles. The number of thiophene rings is 1. The third kappa shape index (κ3) is 2.53. The highest BCUT2D eigenvalue weighted by molar-refractivity contribution is 7.13. The molecule has 0 saturated carbocycles. The van der Waals surface area contributed by atoms with Crippen molar-refractivity contribution in [1.29, 1.82) is 5.26 Å². The molecule has 20 heavy (non-hydrogen) atoms. The fourth-order valence-corrected chi connectivity index (χ4v) is 2.28. The van der Waals surface area contributed by atoms with Crippen molar-refractivity contribution in [3.8, 4) is 22.6 Å². The lowest BCUT2D eigenvalue weighted by atomic mass is 10.2. The Labute approximate surface area is 119 Å². The number of benzene rings is 1. The molecule has 2 heterocycles. The van der Waals surface area contributed by atoms with E-state index in [1.54, 1.807) is 18.2 Å². The molecule has 0 bridgehead atoms. The normalized spacial score (nSPS) is 10.2. The second-order valence-corrected chi connectivity index (χ2v) is 4.84. The molecule has 6 heteroatoms. The molecule has 0 radical (unpaired) electrons. The Kier molecular flexibility index (Phi) is 3.44. The summed E-state index contributed by atoms with van der Waals surface area (Å²) in [6, 6.07) is 12.9. The summed E-state index contributed by atoms with van der Waals surface area (Å²) < 4.78 is 10.7. The quantitative estimate of drug-likeness (QED) is 0.735. The van der Waals surface area contributed by atoms with E-state index >= 15 is 0 Å². The maximum atomic E-state index is 8.97. The predicted molar refractivity (Wildman–Crippen MR) is 73.1 cm³/mol. The zero-order valence-electron chi connectivity index (χ0n) is 10.3. The molecule has 3 aromatic rings. The lowest BCUT2D eigenvalue weighted by Gasteiger charge is -2.04. The van der Waals surface area contributed by atoms with E-state index in [0.29, 0.717) is 23.0 Å². The molecule has 0 atom stereocenters. The number of aromatic nitrogens is 2. The van der Waals surface area contributed by atoms with E-state index in [2.05, 4.69) is 16.2 Å². The Hall–Kier alpha value is -2.65. The van der Waals surface area contributed by atoms with Crippen LogP contribution in [0.2, 0.25) is 0 Å². The third-order valence-electron chi connectivity index (χ3n) is 2.56. The van der Waals surface area contributed by atoms with Crippen LogP contribution in [0.25, 0.3) is 10.8 Å². The number of para-hydroxylation sites is 1. The van der Waals surface area contributed by atoms with Gasteiger partial charge in [0.1, 0.15) is 11.8 Å². The van der Waals surface area contributed by atoms with Crippen LogP contribution in [0.3, 0.4) is 0 Å². The first-order valence-corrected chi connectivity index (χ1v) is 6.73. The van der Waals surface area contributed by atoms with Crippen LogP contribution in [0.4, 0.5) is 0 Å². The highest BCUT2D eigenvalue weighted by atomic mass is 32.1. The molecular weight excluding hydrogens is 274 g/mol. The SMILES string of the molecule is N#Cc1ccccc1OCc1noc(-c2cccs2)n1. The zero-order valence-corrected chi connectivity index (χ0v) is 11.1. The molecule has 2 aromatic heterocycles. The number of hydrogen-bond acceptors (Lipinski definition) is 6. The van der Waals surface area contributed by atoms with Crippen molar-refractivity contribution in [1.82, 2.24) is 10.1 Å². The van der Waals surface area contributed by atoms with Crippen molar-refractivity contribution in [2.24, 2.45) is 0 Å². The number of hydrogen-bond donors (Lipinski definition) is 0. The Morgan fingerprint density at radius 1 is 1.25 bits per heavy atom. The van der Waals surface area contributed by atoms with E-state index in [1.165, 1.54) is 11.3 Å². The first kappa shape index (κ1) is 12.4. The Morgan fingerprint density at radius 3 is 2.95 bits per heavy atom. The van der Waals surface area contributed by atoms with Crippen LogP contribution >= 0.6 is 11.3 Å². The molecule has 0 spiro atoms. The molecular formula is C14H9N3O2S. The standard InChI is InChI=1S/C14H9N3O2S/c15-8-10-4-1-2-5-11(10)18-9-13-16-14(19-17-13)12-6-3-7-20-12/h1-7H,9H2. The van der Waals surface area contributed by atoms with Gasteiger partial charge in [0.05, 0.1) is 10.4 Å². The van der Waals surface area contributed by atoms with Crippen molar-refractivity contribution >= 4 is 11.3 Å². The van der Waals surface area contributed by atoms with Gasteiger partial charge in [-0.25, -0.2) is 0 Å². The van der Waals surface area contributed by atoms with E-state index < -0.39 is 0 Å². The second kappa shape index (κ2) is 5.55. The summed E-state index contributed by atoms with van der Waals surface area (Å²) in [5.74, 6) is 1.44. The fourth-order valence-electron chi connectivity index (χ4n) is 1.64. The second-order valence-electron chi connectivity index (χ2n) is 3.89. The van der Waals surface area contributed by atoms with Gasteiger partial charge in [-0.05, 0) is 23.6 Å². The van der Waals surface area contributed by atoms with Crippen LogP contribution in [0.1, 0.15) is 11.4 Å². The average Bonchev–Trinajstić information content (AvgIpc) is 3.16. The van der Waals surface area contributed by atoms with Crippen molar-refractivity contribution < 1.29 is 9.26 Å². The van der Waals surface area contributed by atoms with E-state index in [-0.39, 0.29) is 6.61 Å². The monoisotopic (exact) mass is 283 g/mol. The molecule has 0 fully saturated rings. The van der Waals surface area contributed by atoms with Gasteiger partial charge in [-0.2, -0.15) is 10.2 Å². The maximum Gasteiger partial charge on any atom is 0.268 e. The minimum absolute atomic E-state index is 0.160. The minimum atomic E-state index is 0.160. The summed E-state index contributed by atoms with van der Waals surface area (Å²) in [6.45, 7) is 0.160. The lowest BCUT2D eigenvalue weighted by molar-refractivity contribution is 0.286. The highest BCUT2D eigenvalue weighted by Crippen LogP contribution is 2.23. The molecule has 0 amide bonds. The van der Waals surface area contributed by atoms with Crippen molar-refractivity contribution in [3.05, 3.63) is 53.2 Å². The molecule has 0 unspecified atom stereocenters. The molecule has 3 rings (SSSR count). The van der Waals surface area contributed by atoms with E-state index in [1.807, 2.05) is 23.6 Å². The summed E-state index contributed by atoms with van der Waals surface area (Å²) in [5, 5.41) is 14.8. The van der Waals surface area contributed by atoms with E-state index in [4.69, 9.17) is 14.5 Å². The van der Waals surface area contributed by atoms with Crippen molar-refractivity contribution in [3.63, 3.8) is 0 Å². The van der Waals surface area contributed by atoms with Gasteiger partial charge in [-0.3, -0.25) is 0 Å². The number of ether oxygens (including phenoxy) is 1. The van der Waals surface area contributed by atoms with Gasteiger partial charge in [-0.1, -0.05) is 23.4 Å². The first-order valence-electron chi connectivity index (χ1n) is 5.85. The van der Waals surface area contributed by atoms with Gasteiger partial charge in [0, 0.05) is 0 Å². The Morgan fingerprint density at radius 2 is 2.15 bits per heavy atom. The molecule has 0 N–H and O–H groups in total. The van der Waals surface area contributed by atoms with Gasteiger partial charge in [0.25, 0.3) is 5.89 Å². The van der Waals surface area contributed by atoms with E-state index in [9.17, 15) is 0 Å². The molecule has 98 valence electrons. The molecule has 0 aliphatic carbocycles. The largest absolute Gasteiger partial charge is 0.484 e. The molecule has 0 aliphatic rings. The zero-order chi connectivity index (χ0) is 13.8. The predicted octanol–water partition coefficient (Wildman–Crippen LogP) is 3.25. The van der Waals surface area contributed by atoms with Gasteiger partial charge in [-0.15, -0.1) is 11.3 Å². The number of nitrogens with zero attached hydrogens (tertiary/aromatic N) is 3. The third-order valence-corrected chi connectivity index (χ3v) is 3.42. The fraction of sp³-hybridized carbons (Fsp3) is 0.0714. The van der Waals surface area contributed by atoms with Crippen LogP contribution < -0.4 is 4.74 Å². The van der Waals surface area contributed by atoms with Crippen molar-refractivity contribution in [2.45, 2.75) is 6.61 Å². The summed E-state index contributed by atoms with van der Waals surface area (Å²) in [5.41, 5.74) is 0.481. The topological polar surface area (TPSA) is 71.9 Å². The van der Waals surface area contributed by atoms with Gasteiger partial charge >= 0.3 is 0 Å². The summed E-state index contributed by atoms with van der Waals surface area (Å²) in [7, 11) is 0. The van der Waals surface area contributed by atoms with Gasteiger partial charge < -0.3 is 9.26 Å². The Balaban J connectivity index is 1.72. The number of nitriles is 1. The average molecular weight is 283 g/mol. The number of rotatable bonds is 4. The van der Waals surface area contributed by atoms with E-state index in [0.717, 1.165) is 4.88 Å². The Bertz CT molecular complexity index is 744. The van der Waals surface area contributed by atoms with Crippen LogP contribution in [-0.2, 0) is 6.61 Å². The molecule has 5 nitrogen and oxygen atoms in total. The lowest BCUT2D eigenvalue weighted by Crippen LogP contribution is -1.98. The minimum Gasteiger partial charge on any atom is -0.484 e. The molecule has 0 aliphatic heterocycles. The van der Waals surface area contributed by atoms with Crippen LogP contribution in [0, 0.1) is 11.3 Å². The van der Waals surface area contributed by atoms with Gasteiger partial charge in [0.2, 0.25) is 5.82 Å². The van der Waals surface area contributed by atoms with Gasteiger partial charge in [0.15, 0.2) is 6.61 Å². The van der Waals surface area contributed by atoms with Crippen LogP contribution in [0.15, 0.2) is 46.3 Å². The van der Waals surface area contributed by atoms with Crippen LogP contribution in [-0.4, -0.2) is 10.1 Å². The van der Waals surface area contributed by atoms with Crippen LogP contribution in [0.5, 0.6) is 5.75 Å². The summed E-state index contributed by atoms with van der Waals surface area (Å²) in [4.78, 5) is 5.17. The maximum absolute atomic E-state index is 8.97. The smallest absolute Gasteiger partial charge is 0.268 e. The summed E-state index contributed by atoms with van der Waals surface area (Å²) in [6.07, 6.45) is 0. The highest BCUT2D eigenvalue weighted by Gasteiger charge is 2.10. The first-order chi connectivity index (χ1) is 9.86. The summed E-state index contributed by atoms with van der Waals surface area (Å²) >= 11 is 1.53.